The Morgan fingerprint density at radius 1 is 1.54 bits per heavy atom. The maximum Gasteiger partial charge on any atom is 0.101 e. The molecule has 0 fully saturated rings. The SMILES string of the molecule is CSCc1ccc(C#N)c(N)c1C. The summed E-state index contributed by atoms with van der Waals surface area (Å²) in [7, 11) is 0. The highest BCUT2D eigenvalue weighted by atomic mass is 32.2. The number of nitrogen functional groups attached to an aromatic ring is 1. The fourth-order valence-corrected chi connectivity index (χ4v) is 1.81. The second kappa shape index (κ2) is 4.20. The molecule has 0 amide bonds. The van der Waals surface area contributed by atoms with E-state index in [2.05, 4.69) is 6.07 Å². The lowest BCUT2D eigenvalue weighted by Crippen LogP contribution is -1.97. The predicted molar refractivity (Wildman–Crippen MR) is 57.5 cm³/mol. The Morgan fingerprint density at radius 2 is 2.23 bits per heavy atom. The van der Waals surface area contributed by atoms with Crippen molar-refractivity contribution in [3.8, 4) is 6.07 Å². The van der Waals surface area contributed by atoms with E-state index in [0.29, 0.717) is 11.3 Å². The fraction of sp³-hybridized carbons (Fsp3) is 0.300. The number of nitriles is 1. The van der Waals surface area contributed by atoms with Crippen molar-refractivity contribution in [1.82, 2.24) is 0 Å². The molecule has 0 spiro atoms. The van der Waals surface area contributed by atoms with Crippen molar-refractivity contribution < 1.29 is 0 Å². The molecule has 0 aliphatic carbocycles. The second-order valence-corrected chi connectivity index (χ2v) is 3.72. The third-order valence-electron chi connectivity index (χ3n) is 2.05. The van der Waals surface area contributed by atoms with Gasteiger partial charge in [0, 0.05) is 5.75 Å². The molecule has 1 aromatic carbocycles. The van der Waals surface area contributed by atoms with E-state index in [1.165, 1.54) is 5.56 Å². The molecule has 0 atom stereocenters. The van der Waals surface area contributed by atoms with E-state index in [9.17, 15) is 0 Å². The lowest BCUT2D eigenvalue weighted by atomic mass is 10.0. The summed E-state index contributed by atoms with van der Waals surface area (Å²) in [6.45, 7) is 1.96. The molecule has 2 N–H and O–H groups in total. The summed E-state index contributed by atoms with van der Waals surface area (Å²) < 4.78 is 0. The summed E-state index contributed by atoms with van der Waals surface area (Å²) >= 11 is 1.75. The zero-order chi connectivity index (χ0) is 9.84. The van der Waals surface area contributed by atoms with Crippen molar-refractivity contribution in [1.29, 1.82) is 5.26 Å². The van der Waals surface area contributed by atoms with Crippen LogP contribution in [0.1, 0.15) is 16.7 Å². The third-order valence-corrected chi connectivity index (χ3v) is 2.65. The first-order chi connectivity index (χ1) is 6.20. The first-order valence-corrected chi connectivity index (χ1v) is 5.37. The minimum absolute atomic E-state index is 0.572. The number of benzene rings is 1. The van der Waals surface area contributed by atoms with E-state index in [1.54, 1.807) is 17.8 Å². The van der Waals surface area contributed by atoms with Crippen molar-refractivity contribution >= 4 is 17.4 Å². The van der Waals surface area contributed by atoms with Crippen molar-refractivity contribution in [3.05, 3.63) is 28.8 Å². The highest BCUT2D eigenvalue weighted by molar-refractivity contribution is 7.97. The van der Waals surface area contributed by atoms with Crippen LogP contribution < -0.4 is 5.73 Å². The van der Waals surface area contributed by atoms with E-state index < -0.39 is 0 Å². The minimum Gasteiger partial charge on any atom is -0.397 e. The third kappa shape index (κ3) is 1.96. The maximum absolute atomic E-state index is 8.73. The lowest BCUT2D eigenvalue weighted by molar-refractivity contribution is 1.30. The van der Waals surface area contributed by atoms with Crippen LogP contribution in [0.3, 0.4) is 0 Å². The van der Waals surface area contributed by atoms with Gasteiger partial charge in [-0.15, -0.1) is 0 Å². The van der Waals surface area contributed by atoms with Crippen LogP contribution in [0.5, 0.6) is 0 Å². The molecule has 68 valence electrons. The van der Waals surface area contributed by atoms with E-state index in [0.717, 1.165) is 11.3 Å². The van der Waals surface area contributed by atoms with Gasteiger partial charge in [0.15, 0.2) is 0 Å². The molecule has 0 unspecified atom stereocenters. The van der Waals surface area contributed by atoms with Gasteiger partial charge in [-0.2, -0.15) is 17.0 Å². The van der Waals surface area contributed by atoms with Gasteiger partial charge < -0.3 is 5.73 Å². The van der Waals surface area contributed by atoms with Crippen LogP contribution >= 0.6 is 11.8 Å². The molecule has 0 aliphatic heterocycles. The molecule has 1 aromatic rings. The molecule has 0 aromatic heterocycles. The zero-order valence-electron chi connectivity index (χ0n) is 7.79. The number of rotatable bonds is 2. The van der Waals surface area contributed by atoms with Gasteiger partial charge in [0.2, 0.25) is 0 Å². The number of anilines is 1. The van der Waals surface area contributed by atoms with Gasteiger partial charge in [0.25, 0.3) is 0 Å². The van der Waals surface area contributed by atoms with E-state index in [-0.39, 0.29) is 0 Å². The van der Waals surface area contributed by atoms with Crippen LogP contribution in [-0.4, -0.2) is 6.26 Å². The van der Waals surface area contributed by atoms with Crippen molar-refractivity contribution in [2.24, 2.45) is 0 Å². The van der Waals surface area contributed by atoms with Crippen LogP contribution in [0.4, 0.5) is 5.69 Å². The molecule has 0 saturated heterocycles. The second-order valence-electron chi connectivity index (χ2n) is 2.86. The van der Waals surface area contributed by atoms with Crippen molar-refractivity contribution in [3.63, 3.8) is 0 Å². The summed E-state index contributed by atoms with van der Waals surface area (Å²) in [5.41, 5.74) is 9.23. The molecule has 0 bridgehead atoms. The number of nitrogens with two attached hydrogens (primary N) is 1. The van der Waals surface area contributed by atoms with E-state index in [1.807, 2.05) is 19.2 Å². The average molecular weight is 192 g/mol. The molecule has 13 heavy (non-hydrogen) atoms. The van der Waals surface area contributed by atoms with Crippen LogP contribution in [-0.2, 0) is 5.75 Å². The number of hydrogen-bond donors (Lipinski definition) is 1. The number of hydrogen-bond acceptors (Lipinski definition) is 3. The van der Waals surface area contributed by atoms with Crippen LogP contribution in [0, 0.1) is 18.3 Å². The van der Waals surface area contributed by atoms with Crippen LogP contribution in [0.2, 0.25) is 0 Å². The van der Waals surface area contributed by atoms with Gasteiger partial charge in [-0.05, 0) is 30.4 Å². The highest BCUT2D eigenvalue weighted by Crippen LogP contribution is 2.22. The Labute approximate surface area is 82.7 Å². The molecule has 3 heteroatoms. The Kier molecular flexibility index (Phi) is 3.21. The predicted octanol–water partition coefficient (Wildman–Crippen LogP) is 2.31. The topological polar surface area (TPSA) is 49.8 Å². The molecule has 0 aliphatic rings. The van der Waals surface area contributed by atoms with Gasteiger partial charge in [0.1, 0.15) is 6.07 Å². The summed E-state index contributed by atoms with van der Waals surface area (Å²) in [6.07, 6.45) is 2.05. The lowest BCUT2D eigenvalue weighted by Gasteiger charge is -2.07. The van der Waals surface area contributed by atoms with Crippen molar-refractivity contribution in [2.75, 3.05) is 12.0 Å². The molecule has 2 nitrogen and oxygen atoms in total. The normalized spacial score (nSPS) is 9.62. The molecule has 1 rings (SSSR count). The average Bonchev–Trinajstić information content (AvgIpc) is 2.14. The van der Waals surface area contributed by atoms with Gasteiger partial charge in [-0.25, -0.2) is 0 Å². The van der Waals surface area contributed by atoms with Gasteiger partial charge in [-0.3, -0.25) is 0 Å². The first-order valence-electron chi connectivity index (χ1n) is 3.97. The number of thioether (sulfide) groups is 1. The first kappa shape index (κ1) is 9.94. The summed E-state index contributed by atoms with van der Waals surface area (Å²) in [6, 6.07) is 5.83. The van der Waals surface area contributed by atoms with Gasteiger partial charge >= 0.3 is 0 Å². The van der Waals surface area contributed by atoms with Crippen molar-refractivity contribution in [2.45, 2.75) is 12.7 Å². The molecule has 0 radical (unpaired) electrons. The smallest absolute Gasteiger partial charge is 0.101 e. The fourth-order valence-electron chi connectivity index (χ4n) is 1.18. The Hall–Kier alpha value is -1.14. The molecule has 0 heterocycles. The highest BCUT2D eigenvalue weighted by Gasteiger charge is 2.05. The standard InChI is InChI=1S/C10H12N2S/c1-7-9(6-13-2)4-3-8(5-11)10(7)12/h3-4H,6,12H2,1-2H3. The molecular formula is C10H12N2S. The van der Waals surface area contributed by atoms with Gasteiger partial charge in [-0.1, -0.05) is 6.07 Å². The molecule has 0 saturated carbocycles. The minimum atomic E-state index is 0.572. The maximum atomic E-state index is 8.73. The Bertz CT molecular complexity index is 353. The van der Waals surface area contributed by atoms with Crippen LogP contribution in [0.15, 0.2) is 12.1 Å². The number of nitrogens with zero attached hydrogens (tertiary/aromatic N) is 1. The van der Waals surface area contributed by atoms with E-state index >= 15 is 0 Å². The van der Waals surface area contributed by atoms with E-state index in [4.69, 9.17) is 11.0 Å². The summed E-state index contributed by atoms with van der Waals surface area (Å²) in [5.74, 6) is 0.946. The van der Waals surface area contributed by atoms with Crippen LogP contribution in [0.25, 0.3) is 0 Å². The quantitative estimate of drug-likeness (QED) is 0.731. The summed E-state index contributed by atoms with van der Waals surface area (Å²) in [4.78, 5) is 0. The Balaban J connectivity index is 3.17. The largest absolute Gasteiger partial charge is 0.397 e. The molecular weight excluding hydrogens is 180 g/mol. The Morgan fingerprint density at radius 3 is 2.77 bits per heavy atom. The summed E-state index contributed by atoms with van der Waals surface area (Å²) in [5, 5.41) is 8.73. The zero-order valence-corrected chi connectivity index (χ0v) is 8.61. The monoisotopic (exact) mass is 192 g/mol. The van der Waals surface area contributed by atoms with Gasteiger partial charge in [0.05, 0.1) is 11.3 Å².